The molecule has 70 valence electrons. The van der Waals surface area contributed by atoms with Crippen molar-refractivity contribution >= 4 is 11.6 Å². The van der Waals surface area contributed by atoms with Crippen LogP contribution in [0.15, 0.2) is 29.4 Å². The summed E-state index contributed by atoms with van der Waals surface area (Å²) < 4.78 is 0. The minimum atomic E-state index is 0.196. The zero-order valence-electron chi connectivity index (χ0n) is 7.44. The van der Waals surface area contributed by atoms with Crippen LogP contribution in [0.3, 0.4) is 0 Å². The standard InChI is InChI=1S/C10H8ClN3/c11-8-10-4-1-3-9(7-10)5-2-6-13-14-12/h1,3-4,7H,6,8H2. The number of hydrogen-bond donors (Lipinski definition) is 0. The van der Waals surface area contributed by atoms with Crippen LogP contribution >= 0.6 is 11.6 Å². The minimum Gasteiger partial charge on any atom is -0.122 e. The molecule has 0 N–H and O–H groups in total. The Hall–Kier alpha value is -1.62. The topological polar surface area (TPSA) is 48.8 Å². The summed E-state index contributed by atoms with van der Waals surface area (Å²) in [5.74, 6) is 6.10. The van der Waals surface area contributed by atoms with Gasteiger partial charge in [0.05, 0.1) is 6.54 Å². The molecule has 1 aromatic rings. The fourth-order valence-corrected chi connectivity index (χ4v) is 1.11. The van der Waals surface area contributed by atoms with E-state index in [-0.39, 0.29) is 6.54 Å². The highest BCUT2D eigenvalue weighted by atomic mass is 35.5. The molecule has 0 aromatic heterocycles. The average molecular weight is 206 g/mol. The van der Waals surface area contributed by atoms with Gasteiger partial charge < -0.3 is 0 Å². The first-order valence-corrected chi connectivity index (χ1v) is 4.55. The Morgan fingerprint density at radius 2 is 2.36 bits per heavy atom. The summed E-state index contributed by atoms with van der Waals surface area (Å²) in [5, 5.41) is 3.31. The molecule has 0 amide bonds. The summed E-state index contributed by atoms with van der Waals surface area (Å²) in [4.78, 5) is 2.60. The van der Waals surface area contributed by atoms with Gasteiger partial charge in [-0.3, -0.25) is 0 Å². The number of halogens is 1. The molecular weight excluding hydrogens is 198 g/mol. The zero-order valence-corrected chi connectivity index (χ0v) is 8.20. The second-order valence-corrected chi connectivity index (χ2v) is 2.79. The summed E-state index contributed by atoms with van der Waals surface area (Å²) in [6.07, 6.45) is 0. The third-order valence-corrected chi connectivity index (χ3v) is 1.84. The van der Waals surface area contributed by atoms with Crippen LogP contribution in [0.2, 0.25) is 0 Å². The summed E-state index contributed by atoms with van der Waals surface area (Å²) in [6.45, 7) is 0.196. The molecule has 0 aliphatic rings. The van der Waals surface area contributed by atoms with Gasteiger partial charge in [0, 0.05) is 16.4 Å². The summed E-state index contributed by atoms with van der Waals surface area (Å²) in [6, 6.07) is 7.64. The van der Waals surface area contributed by atoms with Crippen LogP contribution in [0.1, 0.15) is 11.1 Å². The number of azide groups is 1. The predicted octanol–water partition coefficient (Wildman–Crippen LogP) is 3.09. The molecular formula is C10H8ClN3. The maximum absolute atomic E-state index is 8.02. The third-order valence-electron chi connectivity index (χ3n) is 1.53. The number of rotatable bonds is 2. The summed E-state index contributed by atoms with van der Waals surface area (Å²) in [7, 11) is 0. The highest BCUT2D eigenvalue weighted by molar-refractivity contribution is 6.17. The molecule has 0 heterocycles. The van der Waals surface area contributed by atoms with Gasteiger partial charge in [-0.05, 0) is 23.2 Å². The van der Waals surface area contributed by atoms with E-state index in [1.165, 1.54) is 0 Å². The highest BCUT2D eigenvalue weighted by Crippen LogP contribution is 2.06. The van der Waals surface area contributed by atoms with Gasteiger partial charge in [-0.25, -0.2) is 0 Å². The van der Waals surface area contributed by atoms with Crippen LogP contribution in [0, 0.1) is 11.8 Å². The SMILES string of the molecule is [N-]=[N+]=NCC#Cc1cccc(CCl)c1. The van der Waals surface area contributed by atoms with E-state index < -0.39 is 0 Å². The molecule has 0 aliphatic heterocycles. The molecule has 14 heavy (non-hydrogen) atoms. The van der Waals surface area contributed by atoms with Gasteiger partial charge in [0.25, 0.3) is 0 Å². The molecule has 1 rings (SSSR count). The second kappa shape index (κ2) is 5.93. The Morgan fingerprint density at radius 1 is 1.50 bits per heavy atom. The molecule has 3 nitrogen and oxygen atoms in total. The smallest absolute Gasteiger partial charge is 0.0880 e. The van der Waals surface area contributed by atoms with Crippen LogP contribution in [0.5, 0.6) is 0 Å². The molecule has 1 aromatic carbocycles. The van der Waals surface area contributed by atoms with Crippen LogP contribution in [-0.4, -0.2) is 6.54 Å². The average Bonchev–Trinajstić information content (AvgIpc) is 2.25. The van der Waals surface area contributed by atoms with E-state index in [9.17, 15) is 0 Å². The van der Waals surface area contributed by atoms with Crippen LogP contribution in [-0.2, 0) is 5.88 Å². The first-order chi connectivity index (χ1) is 6.86. The van der Waals surface area contributed by atoms with E-state index in [0.717, 1.165) is 11.1 Å². The number of hydrogen-bond acceptors (Lipinski definition) is 1. The largest absolute Gasteiger partial charge is 0.122 e. The number of benzene rings is 1. The van der Waals surface area contributed by atoms with Crippen molar-refractivity contribution in [2.45, 2.75) is 5.88 Å². The molecule has 0 saturated carbocycles. The molecule has 4 heteroatoms. The third kappa shape index (κ3) is 3.40. The fraction of sp³-hybridized carbons (Fsp3) is 0.200. The van der Waals surface area contributed by atoms with Gasteiger partial charge in [-0.15, -0.1) is 11.6 Å². The molecule has 0 saturated heterocycles. The van der Waals surface area contributed by atoms with Crippen molar-refractivity contribution < 1.29 is 0 Å². The molecule has 0 fully saturated rings. The Balaban J connectivity index is 2.73. The Morgan fingerprint density at radius 3 is 3.07 bits per heavy atom. The number of nitrogens with zero attached hydrogens (tertiary/aromatic N) is 3. The molecule has 0 spiro atoms. The molecule has 0 bridgehead atoms. The number of alkyl halides is 1. The Labute approximate surface area is 87.3 Å². The molecule has 0 unspecified atom stereocenters. The van der Waals surface area contributed by atoms with Gasteiger partial charge in [-0.2, -0.15) is 0 Å². The van der Waals surface area contributed by atoms with E-state index in [1.807, 2.05) is 24.3 Å². The zero-order chi connectivity index (χ0) is 10.2. The fourth-order valence-electron chi connectivity index (χ4n) is 0.941. The summed E-state index contributed by atoms with van der Waals surface area (Å²) in [5.41, 5.74) is 9.93. The van der Waals surface area contributed by atoms with Crippen molar-refractivity contribution in [2.24, 2.45) is 5.11 Å². The van der Waals surface area contributed by atoms with Crippen LogP contribution in [0.4, 0.5) is 0 Å². The summed E-state index contributed by atoms with van der Waals surface area (Å²) >= 11 is 5.67. The predicted molar refractivity (Wildman–Crippen MR) is 56.9 cm³/mol. The van der Waals surface area contributed by atoms with E-state index in [1.54, 1.807) is 0 Å². The first kappa shape index (κ1) is 10.5. The molecule has 0 aliphatic carbocycles. The van der Waals surface area contributed by atoms with Crippen LogP contribution in [0.25, 0.3) is 10.4 Å². The van der Waals surface area contributed by atoms with Gasteiger partial charge in [0.15, 0.2) is 0 Å². The normalized spacial score (nSPS) is 8.36. The monoisotopic (exact) mass is 205 g/mol. The maximum atomic E-state index is 8.02. The quantitative estimate of drug-likeness (QED) is 0.234. The van der Waals surface area contributed by atoms with Gasteiger partial charge in [-0.1, -0.05) is 29.1 Å². The van der Waals surface area contributed by atoms with Gasteiger partial charge >= 0.3 is 0 Å². The van der Waals surface area contributed by atoms with E-state index >= 15 is 0 Å². The lowest BCUT2D eigenvalue weighted by Gasteiger charge is -1.94. The van der Waals surface area contributed by atoms with Crippen molar-refractivity contribution in [2.75, 3.05) is 6.54 Å². The molecule has 0 radical (unpaired) electrons. The van der Waals surface area contributed by atoms with Gasteiger partial charge in [0.1, 0.15) is 0 Å². The lowest BCUT2D eigenvalue weighted by atomic mass is 10.1. The van der Waals surface area contributed by atoms with Crippen LogP contribution < -0.4 is 0 Å². The molecule has 0 atom stereocenters. The van der Waals surface area contributed by atoms with E-state index in [0.29, 0.717) is 5.88 Å². The van der Waals surface area contributed by atoms with E-state index in [4.69, 9.17) is 17.1 Å². The van der Waals surface area contributed by atoms with Gasteiger partial charge in [0.2, 0.25) is 0 Å². The Bertz CT molecular complexity index is 411. The Kier molecular flexibility index (Phi) is 4.43. The van der Waals surface area contributed by atoms with Crippen molar-refractivity contribution in [1.82, 2.24) is 0 Å². The lowest BCUT2D eigenvalue weighted by molar-refractivity contribution is 1.25. The van der Waals surface area contributed by atoms with Crippen molar-refractivity contribution in [1.29, 1.82) is 0 Å². The van der Waals surface area contributed by atoms with Crippen molar-refractivity contribution in [3.05, 3.63) is 45.8 Å². The van der Waals surface area contributed by atoms with E-state index in [2.05, 4.69) is 21.9 Å². The van der Waals surface area contributed by atoms with Crippen molar-refractivity contribution in [3.63, 3.8) is 0 Å². The maximum Gasteiger partial charge on any atom is 0.0880 e. The van der Waals surface area contributed by atoms with Crippen molar-refractivity contribution in [3.8, 4) is 11.8 Å². The highest BCUT2D eigenvalue weighted by Gasteiger charge is 1.90. The first-order valence-electron chi connectivity index (χ1n) is 4.01. The minimum absolute atomic E-state index is 0.196. The lowest BCUT2D eigenvalue weighted by Crippen LogP contribution is -1.80. The second-order valence-electron chi connectivity index (χ2n) is 2.52.